The number of aromatic nitrogens is 2. The Kier molecular flexibility index (Phi) is 6.09. The van der Waals surface area contributed by atoms with Crippen molar-refractivity contribution in [3.8, 4) is 5.75 Å². The second-order valence-electron chi connectivity index (χ2n) is 9.87. The van der Waals surface area contributed by atoms with Crippen molar-refractivity contribution in [2.45, 2.75) is 31.8 Å². The zero-order valence-electron chi connectivity index (χ0n) is 20.7. The van der Waals surface area contributed by atoms with Crippen LogP contribution in [-0.4, -0.2) is 15.5 Å². The number of ether oxygens (including phenoxy) is 1. The fourth-order valence-electron chi connectivity index (χ4n) is 5.69. The van der Waals surface area contributed by atoms with E-state index in [0.717, 1.165) is 46.4 Å². The summed E-state index contributed by atoms with van der Waals surface area (Å²) < 4.78 is 8.38. The topological polar surface area (TPSA) is 70.1 Å². The number of benzene rings is 3. The van der Waals surface area contributed by atoms with Crippen LogP contribution in [0.15, 0.2) is 78.9 Å². The summed E-state index contributed by atoms with van der Waals surface area (Å²) in [7, 11) is 2.07. The summed E-state index contributed by atoms with van der Waals surface area (Å²) in [5.74, 6) is 0.523. The molecule has 1 amide bonds. The van der Waals surface area contributed by atoms with Gasteiger partial charge >= 0.3 is 0 Å². The minimum atomic E-state index is -0.236. The molecule has 0 radical (unpaired) electrons. The highest BCUT2D eigenvalue weighted by molar-refractivity contribution is 6.30. The predicted octanol–water partition coefficient (Wildman–Crippen LogP) is 6.53. The van der Waals surface area contributed by atoms with Gasteiger partial charge in [0.1, 0.15) is 12.4 Å². The van der Waals surface area contributed by atoms with Crippen molar-refractivity contribution in [1.29, 1.82) is 0 Å². The minimum Gasteiger partial charge on any atom is -0.487 e. The molecule has 0 fully saturated rings. The number of rotatable bonds is 5. The number of carbonyl (C=O) groups is 1. The van der Waals surface area contributed by atoms with Gasteiger partial charge in [-0.3, -0.25) is 4.79 Å². The molecular weight excluding hydrogens is 482 g/mol. The second-order valence-corrected chi connectivity index (χ2v) is 10.3. The Morgan fingerprint density at radius 3 is 2.68 bits per heavy atom. The lowest BCUT2D eigenvalue weighted by molar-refractivity contribution is -0.122. The van der Waals surface area contributed by atoms with Crippen molar-refractivity contribution >= 4 is 39.3 Å². The van der Waals surface area contributed by atoms with Crippen molar-refractivity contribution in [3.05, 3.63) is 106 Å². The number of amides is 1. The molecule has 0 bridgehead atoms. The lowest BCUT2D eigenvalue weighted by Crippen LogP contribution is -2.25. The van der Waals surface area contributed by atoms with Gasteiger partial charge < -0.3 is 15.0 Å². The monoisotopic (exact) mass is 509 g/mol. The van der Waals surface area contributed by atoms with Crippen molar-refractivity contribution in [2.24, 2.45) is 18.7 Å². The molecule has 2 heterocycles. The number of para-hydroxylation sites is 1. The molecule has 2 unspecified atom stereocenters. The van der Waals surface area contributed by atoms with Crippen LogP contribution in [0.1, 0.15) is 41.3 Å². The van der Waals surface area contributed by atoms with Crippen LogP contribution in [0.3, 0.4) is 0 Å². The lowest BCUT2D eigenvalue weighted by Gasteiger charge is -2.17. The molecule has 6 rings (SSSR count). The van der Waals surface area contributed by atoms with E-state index in [9.17, 15) is 4.79 Å². The Balaban J connectivity index is 1.37. The molecule has 0 spiro atoms. The Hall–Kier alpha value is -3.83. The highest BCUT2D eigenvalue weighted by Gasteiger charge is 2.32. The fourth-order valence-corrected chi connectivity index (χ4v) is 5.81. The van der Waals surface area contributed by atoms with Gasteiger partial charge in [0, 0.05) is 46.4 Å². The zero-order chi connectivity index (χ0) is 25.5. The largest absolute Gasteiger partial charge is 0.487 e. The third-order valence-corrected chi connectivity index (χ3v) is 7.90. The molecule has 2 N–H and O–H groups in total. The van der Waals surface area contributed by atoms with Crippen LogP contribution in [0, 0.1) is 5.92 Å². The van der Waals surface area contributed by atoms with Crippen LogP contribution in [0.25, 0.3) is 21.8 Å². The average Bonchev–Trinajstić information content (AvgIpc) is 3.05. The molecule has 2 atom stereocenters. The Bertz CT molecular complexity index is 1620. The van der Waals surface area contributed by atoms with Crippen LogP contribution in [0.4, 0.5) is 0 Å². The van der Waals surface area contributed by atoms with E-state index in [1.54, 1.807) is 0 Å². The quantitative estimate of drug-likeness (QED) is 0.274. The SMILES string of the molecule is Cn1c2c(c3ccc(OCc4ccc5ccccc5n4)cc31)C(c1ccc(Cl)cc1)CCC(C(N)=O)C2. The van der Waals surface area contributed by atoms with Crippen LogP contribution < -0.4 is 10.5 Å². The number of aryl methyl sites for hydroxylation is 1. The Labute approximate surface area is 220 Å². The average molecular weight is 510 g/mol. The molecule has 5 nitrogen and oxygen atoms in total. The number of fused-ring (bicyclic) bond motifs is 4. The number of carbonyl (C=O) groups excluding carboxylic acids is 1. The number of primary amides is 1. The van der Waals surface area contributed by atoms with Crippen molar-refractivity contribution in [2.75, 3.05) is 0 Å². The molecule has 1 aliphatic rings. The molecule has 2 aromatic heterocycles. The third kappa shape index (κ3) is 4.44. The van der Waals surface area contributed by atoms with Crippen LogP contribution in [-0.2, 0) is 24.9 Å². The maximum atomic E-state index is 12.3. The van der Waals surface area contributed by atoms with Gasteiger partial charge in [-0.25, -0.2) is 4.98 Å². The number of halogens is 1. The molecule has 37 heavy (non-hydrogen) atoms. The lowest BCUT2D eigenvalue weighted by atomic mass is 9.87. The first kappa shape index (κ1) is 23.6. The van der Waals surface area contributed by atoms with Gasteiger partial charge in [0.15, 0.2) is 0 Å². The summed E-state index contributed by atoms with van der Waals surface area (Å²) in [5, 5.41) is 3.01. The molecule has 0 aliphatic heterocycles. The molecule has 5 aromatic rings. The van der Waals surface area contributed by atoms with Crippen molar-refractivity contribution < 1.29 is 9.53 Å². The summed E-state index contributed by atoms with van der Waals surface area (Å²) in [6.45, 7) is 0.387. The summed E-state index contributed by atoms with van der Waals surface area (Å²) in [4.78, 5) is 17.0. The minimum absolute atomic E-state index is 0.161. The summed E-state index contributed by atoms with van der Waals surface area (Å²) in [6, 6.07) is 26.5. The van der Waals surface area contributed by atoms with Gasteiger partial charge in [-0.05, 0) is 66.8 Å². The first-order valence-corrected chi connectivity index (χ1v) is 13.0. The third-order valence-electron chi connectivity index (χ3n) is 7.65. The zero-order valence-corrected chi connectivity index (χ0v) is 21.4. The van der Waals surface area contributed by atoms with E-state index in [0.29, 0.717) is 18.1 Å². The highest BCUT2D eigenvalue weighted by Crippen LogP contribution is 2.43. The maximum Gasteiger partial charge on any atom is 0.220 e. The van der Waals surface area contributed by atoms with Gasteiger partial charge in [0.05, 0.1) is 16.7 Å². The van der Waals surface area contributed by atoms with E-state index in [1.807, 2.05) is 42.5 Å². The molecule has 1 aliphatic carbocycles. The standard InChI is InChI=1S/C31H28ClN3O2/c1-35-28-17-24(37-18-23-12-8-20-4-2-3-5-27(20)34-23)13-15-26(28)30-25(19-6-10-22(32)11-7-19)14-9-21(31(33)36)16-29(30)35/h2-8,10-13,15,17,21,25H,9,14,16,18H2,1H3,(H2,33,36). The number of nitrogens with zero attached hydrogens (tertiary/aromatic N) is 2. The molecule has 6 heteroatoms. The van der Waals surface area contributed by atoms with Gasteiger partial charge in [0.2, 0.25) is 5.91 Å². The predicted molar refractivity (Wildman–Crippen MR) is 148 cm³/mol. The van der Waals surface area contributed by atoms with E-state index in [-0.39, 0.29) is 17.7 Å². The summed E-state index contributed by atoms with van der Waals surface area (Å²) in [5.41, 5.74) is 12.4. The summed E-state index contributed by atoms with van der Waals surface area (Å²) in [6.07, 6.45) is 2.25. The summed E-state index contributed by atoms with van der Waals surface area (Å²) >= 11 is 6.18. The number of hydrogen-bond acceptors (Lipinski definition) is 3. The van der Waals surface area contributed by atoms with E-state index >= 15 is 0 Å². The number of nitrogens with two attached hydrogens (primary N) is 1. The number of hydrogen-bond donors (Lipinski definition) is 1. The highest BCUT2D eigenvalue weighted by atomic mass is 35.5. The van der Waals surface area contributed by atoms with Crippen molar-refractivity contribution in [3.63, 3.8) is 0 Å². The molecule has 186 valence electrons. The fraction of sp³-hybridized carbons (Fsp3) is 0.226. The van der Waals surface area contributed by atoms with E-state index in [4.69, 9.17) is 27.1 Å². The second kappa shape index (κ2) is 9.56. The van der Waals surface area contributed by atoms with E-state index < -0.39 is 0 Å². The molecule has 0 saturated carbocycles. The van der Waals surface area contributed by atoms with Gasteiger partial charge in [-0.15, -0.1) is 0 Å². The Morgan fingerprint density at radius 1 is 1.05 bits per heavy atom. The van der Waals surface area contributed by atoms with Crippen LogP contribution >= 0.6 is 11.6 Å². The van der Waals surface area contributed by atoms with E-state index in [1.165, 1.54) is 16.5 Å². The van der Waals surface area contributed by atoms with Gasteiger partial charge in [0.25, 0.3) is 0 Å². The first-order chi connectivity index (χ1) is 18.0. The first-order valence-electron chi connectivity index (χ1n) is 12.6. The van der Waals surface area contributed by atoms with Crippen LogP contribution in [0.2, 0.25) is 5.02 Å². The number of pyridine rings is 1. The van der Waals surface area contributed by atoms with Gasteiger partial charge in [-0.1, -0.05) is 48.0 Å². The Morgan fingerprint density at radius 2 is 1.86 bits per heavy atom. The normalized spacial score (nSPS) is 17.5. The molecule has 0 saturated heterocycles. The van der Waals surface area contributed by atoms with Gasteiger partial charge in [-0.2, -0.15) is 0 Å². The van der Waals surface area contributed by atoms with Crippen LogP contribution in [0.5, 0.6) is 5.75 Å². The smallest absolute Gasteiger partial charge is 0.220 e. The maximum absolute atomic E-state index is 12.3. The van der Waals surface area contributed by atoms with E-state index in [2.05, 4.69) is 48.0 Å². The molecule has 3 aromatic carbocycles. The molecular formula is C31H28ClN3O2. The van der Waals surface area contributed by atoms with Crippen molar-refractivity contribution in [1.82, 2.24) is 9.55 Å².